The van der Waals surface area contributed by atoms with Gasteiger partial charge in [-0.1, -0.05) is 103 Å². The molecular formula is C37H37ClF3N3O4S. The smallest absolute Gasteiger partial charge is 0.352 e. The Labute approximate surface area is 289 Å². The molecule has 49 heavy (non-hydrogen) atoms. The Morgan fingerprint density at radius 2 is 1.49 bits per heavy atom. The molecule has 0 spiro atoms. The van der Waals surface area contributed by atoms with Crippen molar-refractivity contribution in [1.29, 1.82) is 0 Å². The number of anilines is 1. The molecule has 1 atom stereocenters. The number of aryl methyl sites for hydroxylation is 1. The van der Waals surface area contributed by atoms with Crippen LogP contribution in [0.25, 0.3) is 0 Å². The summed E-state index contributed by atoms with van der Waals surface area (Å²) in [6, 6.07) is 25.2. The summed E-state index contributed by atoms with van der Waals surface area (Å²) in [6.07, 6.45) is -1.23. The van der Waals surface area contributed by atoms with Gasteiger partial charge in [0, 0.05) is 19.0 Å². The lowest BCUT2D eigenvalue weighted by Crippen LogP contribution is -2.54. The molecule has 1 aliphatic carbocycles. The minimum atomic E-state index is -4.89. The molecule has 2 amide bonds. The van der Waals surface area contributed by atoms with E-state index < -0.39 is 51.0 Å². The van der Waals surface area contributed by atoms with Gasteiger partial charge in [0.15, 0.2) is 0 Å². The second kappa shape index (κ2) is 15.5. The second-order valence-corrected chi connectivity index (χ2v) is 14.5. The van der Waals surface area contributed by atoms with Gasteiger partial charge < -0.3 is 10.2 Å². The fourth-order valence-corrected chi connectivity index (χ4v) is 7.60. The number of alkyl halides is 3. The number of hydrogen-bond donors (Lipinski definition) is 1. The number of halogens is 4. The maximum atomic E-state index is 14.6. The first-order chi connectivity index (χ1) is 23.3. The second-order valence-electron chi connectivity index (χ2n) is 12.2. The van der Waals surface area contributed by atoms with Crippen molar-refractivity contribution in [2.45, 2.75) is 68.7 Å². The van der Waals surface area contributed by atoms with Gasteiger partial charge in [-0.05, 0) is 61.2 Å². The average molecular weight is 712 g/mol. The zero-order valence-corrected chi connectivity index (χ0v) is 28.4. The molecular weight excluding hydrogens is 675 g/mol. The van der Waals surface area contributed by atoms with E-state index in [-0.39, 0.29) is 29.8 Å². The van der Waals surface area contributed by atoms with Crippen LogP contribution in [0.3, 0.4) is 0 Å². The average Bonchev–Trinajstić information content (AvgIpc) is 3.59. The molecule has 12 heteroatoms. The molecule has 7 nitrogen and oxygen atoms in total. The minimum Gasteiger partial charge on any atom is -0.352 e. The summed E-state index contributed by atoms with van der Waals surface area (Å²) in [4.78, 5) is 29.8. The van der Waals surface area contributed by atoms with Crippen molar-refractivity contribution in [2.24, 2.45) is 0 Å². The van der Waals surface area contributed by atoms with Gasteiger partial charge in [0.05, 0.1) is 21.2 Å². The lowest BCUT2D eigenvalue weighted by atomic mass is 10.0. The number of rotatable bonds is 12. The van der Waals surface area contributed by atoms with E-state index in [4.69, 9.17) is 11.6 Å². The number of benzene rings is 4. The van der Waals surface area contributed by atoms with Gasteiger partial charge in [0.1, 0.15) is 12.6 Å². The summed E-state index contributed by atoms with van der Waals surface area (Å²) in [5.74, 6) is -1.16. The summed E-state index contributed by atoms with van der Waals surface area (Å²) in [7, 11) is -4.58. The third-order valence-corrected chi connectivity index (χ3v) is 10.7. The summed E-state index contributed by atoms with van der Waals surface area (Å²) in [5.41, 5.74) is 0.789. The van der Waals surface area contributed by atoms with Crippen LogP contribution in [0, 0.1) is 6.92 Å². The van der Waals surface area contributed by atoms with Gasteiger partial charge in [-0.15, -0.1) is 0 Å². The zero-order chi connectivity index (χ0) is 35.2. The molecule has 1 N–H and O–H groups in total. The predicted molar refractivity (Wildman–Crippen MR) is 183 cm³/mol. The Morgan fingerprint density at radius 3 is 2.10 bits per heavy atom. The van der Waals surface area contributed by atoms with Crippen LogP contribution in [0.5, 0.6) is 0 Å². The lowest BCUT2D eigenvalue weighted by molar-refractivity contribution is -0.140. The van der Waals surface area contributed by atoms with Crippen LogP contribution in [0.4, 0.5) is 18.9 Å². The molecule has 0 bridgehead atoms. The van der Waals surface area contributed by atoms with Crippen LogP contribution in [0.1, 0.15) is 47.9 Å². The topological polar surface area (TPSA) is 86.8 Å². The quantitative estimate of drug-likeness (QED) is 0.164. The lowest BCUT2D eigenvalue weighted by Gasteiger charge is -2.34. The van der Waals surface area contributed by atoms with Crippen molar-refractivity contribution < 1.29 is 31.2 Å². The number of nitrogens with one attached hydrogen (secondary N) is 1. The highest BCUT2D eigenvalue weighted by atomic mass is 35.5. The number of amides is 2. The van der Waals surface area contributed by atoms with Crippen LogP contribution < -0.4 is 9.62 Å². The number of hydrogen-bond acceptors (Lipinski definition) is 4. The van der Waals surface area contributed by atoms with Crippen molar-refractivity contribution in [2.75, 3.05) is 10.8 Å². The van der Waals surface area contributed by atoms with E-state index in [1.54, 1.807) is 6.07 Å². The molecule has 0 aliphatic heterocycles. The van der Waals surface area contributed by atoms with E-state index >= 15 is 0 Å². The Kier molecular flexibility index (Phi) is 11.3. The molecule has 1 aliphatic rings. The molecule has 5 rings (SSSR count). The van der Waals surface area contributed by atoms with Crippen LogP contribution in [-0.4, -0.2) is 43.8 Å². The molecule has 1 saturated carbocycles. The summed E-state index contributed by atoms with van der Waals surface area (Å²) in [5, 5.41) is 2.48. The van der Waals surface area contributed by atoms with Crippen molar-refractivity contribution in [3.63, 3.8) is 0 Å². The number of nitrogens with zero attached hydrogens (tertiary/aromatic N) is 2. The van der Waals surface area contributed by atoms with E-state index in [0.29, 0.717) is 15.9 Å². The van der Waals surface area contributed by atoms with Crippen molar-refractivity contribution in [3.8, 4) is 0 Å². The normalized spacial score (nSPS) is 14.3. The maximum absolute atomic E-state index is 14.6. The van der Waals surface area contributed by atoms with E-state index in [1.807, 2.05) is 61.5 Å². The molecule has 4 aromatic carbocycles. The summed E-state index contributed by atoms with van der Waals surface area (Å²) in [6.45, 7) is 0.972. The molecule has 0 unspecified atom stereocenters. The van der Waals surface area contributed by atoms with Crippen molar-refractivity contribution in [1.82, 2.24) is 10.2 Å². The van der Waals surface area contributed by atoms with E-state index in [0.717, 1.165) is 48.9 Å². The zero-order valence-electron chi connectivity index (χ0n) is 26.9. The first kappa shape index (κ1) is 35.9. The highest BCUT2D eigenvalue weighted by Gasteiger charge is 2.38. The number of carbonyl (C=O) groups excluding carboxylic acids is 2. The highest BCUT2D eigenvalue weighted by molar-refractivity contribution is 7.92. The fraction of sp³-hybridized carbons (Fsp3) is 0.297. The van der Waals surface area contributed by atoms with Crippen LogP contribution >= 0.6 is 11.6 Å². The third kappa shape index (κ3) is 9.01. The monoisotopic (exact) mass is 711 g/mol. The van der Waals surface area contributed by atoms with Gasteiger partial charge in [-0.3, -0.25) is 13.9 Å². The van der Waals surface area contributed by atoms with Crippen LogP contribution in [0.2, 0.25) is 5.02 Å². The van der Waals surface area contributed by atoms with E-state index in [9.17, 15) is 31.2 Å². The Balaban J connectivity index is 1.60. The Hall–Kier alpha value is -4.35. The summed E-state index contributed by atoms with van der Waals surface area (Å²) < 4.78 is 70.8. The maximum Gasteiger partial charge on any atom is 0.417 e. The largest absolute Gasteiger partial charge is 0.417 e. The Bertz CT molecular complexity index is 1850. The highest BCUT2D eigenvalue weighted by Crippen LogP contribution is 2.38. The number of sulfonamides is 1. The van der Waals surface area contributed by atoms with Crippen molar-refractivity contribution >= 4 is 39.1 Å². The predicted octanol–water partition coefficient (Wildman–Crippen LogP) is 7.56. The third-order valence-electron chi connectivity index (χ3n) is 8.60. The van der Waals surface area contributed by atoms with Crippen molar-refractivity contribution in [3.05, 3.63) is 130 Å². The first-order valence-electron chi connectivity index (χ1n) is 16.0. The number of carbonyl (C=O) groups is 2. The summed E-state index contributed by atoms with van der Waals surface area (Å²) >= 11 is 5.89. The van der Waals surface area contributed by atoms with E-state index in [1.165, 1.54) is 29.2 Å². The minimum absolute atomic E-state index is 0.0532. The fourth-order valence-electron chi connectivity index (χ4n) is 5.95. The molecule has 0 heterocycles. The van der Waals surface area contributed by atoms with Gasteiger partial charge in [-0.2, -0.15) is 13.2 Å². The molecule has 4 aromatic rings. The molecule has 0 radical (unpaired) electrons. The van der Waals surface area contributed by atoms with Gasteiger partial charge in [0.25, 0.3) is 10.0 Å². The van der Waals surface area contributed by atoms with Gasteiger partial charge in [-0.25, -0.2) is 8.42 Å². The van der Waals surface area contributed by atoms with Gasteiger partial charge in [0.2, 0.25) is 11.8 Å². The molecule has 258 valence electrons. The molecule has 1 fully saturated rings. The Morgan fingerprint density at radius 1 is 0.878 bits per heavy atom. The van der Waals surface area contributed by atoms with E-state index in [2.05, 4.69) is 5.32 Å². The van der Waals surface area contributed by atoms with Crippen LogP contribution in [-0.2, 0) is 38.8 Å². The van der Waals surface area contributed by atoms with Crippen LogP contribution in [0.15, 0.2) is 108 Å². The molecule has 0 aromatic heterocycles. The SMILES string of the molecule is Cc1ccc(CN(C(=O)CN(c2ccc(Cl)c(C(F)(F)F)c2)S(=O)(=O)c2ccccc2)[C@@H](Cc2ccccc2)C(=O)NC2CCCC2)cc1. The van der Waals surface area contributed by atoms with Gasteiger partial charge >= 0.3 is 6.18 Å². The standard InChI is InChI=1S/C37H37ClF3N3O4S/c1-26-16-18-28(19-17-26)24-43(34(22-27-10-4-2-5-11-27)36(46)42-29-12-8-9-13-29)35(45)25-44(49(47,48)31-14-6-3-7-15-31)30-20-21-33(38)32(23-30)37(39,40)41/h2-7,10-11,14-21,23,29,34H,8-9,12-13,22,24-25H2,1H3,(H,42,46)/t34-/m0/s1. The first-order valence-corrected chi connectivity index (χ1v) is 17.8. The molecule has 0 saturated heterocycles.